The molecule has 0 aliphatic heterocycles. The zero-order valence-corrected chi connectivity index (χ0v) is 11.2. The summed E-state index contributed by atoms with van der Waals surface area (Å²) in [4.78, 5) is 20.8. The van der Waals surface area contributed by atoms with Crippen molar-refractivity contribution in [3.8, 4) is 0 Å². The van der Waals surface area contributed by atoms with Crippen LogP contribution in [0.25, 0.3) is 10.9 Å². The van der Waals surface area contributed by atoms with Gasteiger partial charge in [-0.3, -0.25) is 14.8 Å². The SMILES string of the molecule is Cc1ccncc1C(=O)Cc1ccc2ccccc2n1. The van der Waals surface area contributed by atoms with E-state index in [1.807, 2.05) is 49.4 Å². The Kier molecular flexibility index (Phi) is 3.25. The Morgan fingerprint density at radius 3 is 2.80 bits per heavy atom. The Balaban J connectivity index is 1.89. The molecule has 3 heteroatoms. The van der Waals surface area contributed by atoms with Gasteiger partial charge in [-0.2, -0.15) is 0 Å². The summed E-state index contributed by atoms with van der Waals surface area (Å²) >= 11 is 0. The Labute approximate surface area is 117 Å². The van der Waals surface area contributed by atoms with Crippen LogP contribution in [0, 0.1) is 6.92 Å². The second kappa shape index (κ2) is 5.21. The number of aromatic nitrogens is 2. The molecule has 20 heavy (non-hydrogen) atoms. The van der Waals surface area contributed by atoms with Gasteiger partial charge in [0.15, 0.2) is 5.78 Å². The number of nitrogens with zero attached hydrogens (tertiary/aromatic N) is 2. The second-order valence-electron chi connectivity index (χ2n) is 4.79. The number of carbonyl (C=O) groups excluding carboxylic acids is 1. The van der Waals surface area contributed by atoms with E-state index >= 15 is 0 Å². The van der Waals surface area contributed by atoms with E-state index < -0.39 is 0 Å². The van der Waals surface area contributed by atoms with Crippen LogP contribution in [0.1, 0.15) is 21.6 Å². The van der Waals surface area contributed by atoms with E-state index in [4.69, 9.17) is 0 Å². The number of fused-ring (bicyclic) bond motifs is 1. The molecular weight excluding hydrogens is 248 g/mol. The number of aryl methyl sites for hydroxylation is 1. The van der Waals surface area contributed by atoms with E-state index in [1.54, 1.807) is 12.4 Å². The molecule has 3 aromatic rings. The van der Waals surface area contributed by atoms with Gasteiger partial charge < -0.3 is 0 Å². The Morgan fingerprint density at radius 2 is 1.95 bits per heavy atom. The fraction of sp³-hybridized carbons (Fsp3) is 0.118. The molecule has 3 rings (SSSR count). The van der Waals surface area contributed by atoms with Crippen molar-refractivity contribution in [3.63, 3.8) is 0 Å². The largest absolute Gasteiger partial charge is 0.294 e. The van der Waals surface area contributed by atoms with Crippen molar-refractivity contribution in [2.45, 2.75) is 13.3 Å². The monoisotopic (exact) mass is 262 g/mol. The van der Waals surface area contributed by atoms with E-state index in [2.05, 4.69) is 9.97 Å². The highest BCUT2D eigenvalue weighted by Gasteiger charge is 2.11. The summed E-state index contributed by atoms with van der Waals surface area (Å²) in [5.41, 5.74) is 3.32. The molecule has 3 nitrogen and oxygen atoms in total. The molecule has 0 saturated carbocycles. The lowest BCUT2D eigenvalue weighted by Gasteiger charge is -2.05. The smallest absolute Gasteiger partial charge is 0.170 e. The number of hydrogen-bond donors (Lipinski definition) is 0. The maximum atomic E-state index is 12.3. The minimum Gasteiger partial charge on any atom is -0.294 e. The second-order valence-corrected chi connectivity index (χ2v) is 4.79. The third kappa shape index (κ3) is 2.43. The van der Waals surface area contributed by atoms with Gasteiger partial charge in [0.2, 0.25) is 0 Å². The van der Waals surface area contributed by atoms with E-state index in [-0.39, 0.29) is 5.78 Å². The van der Waals surface area contributed by atoms with Crippen molar-refractivity contribution in [1.29, 1.82) is 0 Å². The fourth-order valence-corrected chi connectivity index (χ4v) is 2.22. The predicted octanol–water partition coefficient (Wildman–Crippen LogP) is 3.36. The molecule has 0 saturated heterocycles. The van der Waals surface area contributed by atoms with Gasteiger partial charge in [-0.15, -0.1) is 0 Å². The number of para-hydroxylation sites is 1. The van der Waals surface area contributed by atoms with Gasteiger partial charge in [0, 0.05) is 29.0 Å². The molecule has 0 amide bonds. The van der Waals surface area contributed by atoms with Crippen LogP contribution in [0.2, 0.25) is 0 Å². The van der Waals surface area contributed by atoms with Gasteiger partial charge in [-0.05, 0) is 30.7 Å². The fourth-order valence-electron chi connectivity index (χ4n) is 2.22. The number of Topliss-reactive ketones (excluding diaryl/α,β-unsaturated/α-hetero) is 1. The molecule has 98 valence electrons. The number of benzene rings is 1. The van der Waals surface area contributed by atoms with Gasteiger partial charge in [0.25, 0.3) is 0 Å². The average Bonchev–Trinajstić information content (AvgIpc) is 2.47. The van der Waals surface area contributed by atoms with Crippen molar-refractivity contribution in [1.82, 2.24) is 9.97 Å². The Bertz CT molecular complexity index is 781. The highest BCUT2D eigenvalue weighted by atomic mass is 16.1. The molecule has 0 spiro atoms. The zero-order valence-electron chi connectivity index (χ0n) is 11.2. The molecule has 0 fully saturated rings. The molecule has 0 atom stereocenters. The lowest BCUT2D eigenvalue weighted by atomic mass is 10.0. The number of pyridine rings is 2. The average molecular weight is 262 g/mol. The summed E-state index contributed by atoms with van der Waals surface area (Å²) in [6.45, 7) is 1.92. The van der Waals surface area contributed by atoms with Crippen LogP contribution in [0.4, 0.5) is 0 Å². The van der Waals surface area contributed by atoms with Gasteiger partial charge in [0.1, 0.15) is 0 Å². The van der Waals surface area contributed by atoms with Crippen molar-refractivity contribution in [2.75, 3.05) is 0 Å². The molecule has 0 bridgehead atoms. The van der Waals surface area contributed by atoms with Crippen LogP contribution in [-0.2, 0) is 6.42 Å². The lowest BCUT2D eigenvalue weighted by Crippen LogP contribution is -2.07. The quantitative estimate of drug-likeness (QED) is 0.680. The van der Waals surface area contributed by atoms with E-state index in [0.717, 1.165) is 22.2 Å². The van der Waals surface area contributed by atoms with Crippen molar-refractivity contribution >= 4 is 16.7 Å². The van der Waals surface area contributed by atoms with Gasteiger partial charge in [0.05, 0.1) is 11.9 Å². The first-order valence-corrected chi connectivity index (χ1v) is 6.52. The number of rotatable bonds is 3. The van der Waals surface area contributed by atoms with E-state index in [1.165, 1.54) is 0 Å². The highest BCUT2D eigenvalue weighted by molar-refractivity contribution is 5.98. The standard InChI is InChI=1S/C17H14N2O/c1-12-8-9-18-11-15(12)17(20)10-14-7-6-13-4-2-3-5-16(13)19-14/h2-9,11H,10H2,1H3. The molecule has 0 aliphatic carbocycles. The molecule has 0 radical (unpaired) electrons. The van der Waals surface area contributed by atoms with E-state index in [0.29, 0.717) is 12.0 Å². The topological polar surface area (TPSA) is 42.9 Å². The van der Waals surface area contributed by atoms with Crippen molar-refractivity contribution in [2.24, 2.45) is 0 Å². The first-order valence-electron chi connectivity index (χ1n) is 6.52. The summed E-state index contributed by atoms with van der Waals surface area (Å²) < 4.78 is 0. The minimum atomic E-state index is 0.0541. The molecule has 2 aromatic heterocycles. The summed E-state index contributed by atoms with van der Waals surface area (Å²) in [5.74, 6) is 0.0541. The number of hydrogen-bond acceptors (Lipinski definition) is 3. The third-order valence-electron chi connectivity index (χ3n) is 3.34. The molecule has 0 unspecified atom stereocenters. The van der Waals surface area contributed by atoms with Crippen LogP contribution in [0.15, 0.2) is 54.9 Å². The first kappa shape index (κ1) is 12.5. The summed E-state index contributed by atoms with van der Waals surface area (Å²) in [7, 11) is 0. The van der Waals surface area contributed by atoms with Crippen LogP contribution in [0.3, 0.4) is 0 Å². The van der Waals surface area contributed by atoms with E-state index in [9.17, 15) is 4.79 Å². The summed E-state index contributed by atoms with van der Waals surface area (Å²) in [6, 6.07) is 13.7. The maximum absolute atomic E-state index is 12.3. The normalized spacial score (nSPS) is 10.7. The molecular formula is C17H14N2O. The van der Waals surface area contributed by atoms with Gasteiger partial charge in [-0.25, -0.2) is 0 Å². The summed E-state index contributed by atoms with van der Waals surface area (Å²) in [6.07, 6.45) is 3.62. The van der Waals surface area contributed by atoms with Crippen molar-refractivity contribution in [3.05, 3.63) is 71.7 Å². The van der Waals surface area contributed by atoms with Gasteiger partial charge in [-0.1, -0.05) is 24.3 Å². The Hall–Kier alpha value is -2.55. The van der Waals surface area contributed by atoms with Crippen molar-refractivity contribution < 1.29 is 4.79 Å². The van der Waals surface area contributed by atoms with Crippen LogP contribution >= 0.6 is 0 Å². The first-order chi connectivity index (χ1) is 9.74. The number of carbonyl (C=O) groups is 1. The zero-order chi connectivity index (χ0) is 13.9. The maximum Gasteiger partial charge on any atom is 0.170 e. The summed E-state index contributed by atoms with van der Waals surface area (Å²) in [5, 5.41) is 1.08. The number of ketones is 1. The highest BCUT2D eigenvalue weighted by Crippen LogP contribution is 2.14. The molecule has 2 heterocycles. The molecule has 1 aromatic carbocycles. The third-order valence-corrected chi connectivity index (χ3v) is 3.34. The Morgan fingerprint density at radius 1 is 1.10 bits per heavy atom. The lowest BCUT2D eigenvalue weighted by molar-refractivity contribution is 0.0991. The van der Waals surface area contributed by atoms with Crippen LogP contribution in [0.5, 0.6) is 0 Å². The molecule has 0 aliphatic rings. The van der Waals surface area contributed by atoms with Gasteiger partial charge >= 0.3 is 0 Å². The van der Waals surface area contributed by atoms with Crippen LogP contribution < -0.4 is 0 Å². The molecule has 0 N–H and O–H groups in total. The van der Waals surface area contributed by atoms with Crippen LogP contribution in [-0.4, -0.2) is 15.8 Å². The predicted molar refractivity (Wildman–Crippen MR) is 78.8 cm³/mol. The minimum absolute atomic E-state index is 0.0541.